The smallest absolute Gasteiger partial charge is 0.332 e. The van der Waals surface area contributed by atoms with Crippen LogP contribution < -0.4 is 15.9 Å². The zero-order chi connectivity index (χ0) is 11.3. The maximum absolute atomic E-state index is 10.3. The molecule has 0 bridgehead atoms. The Morgan fingerprint density at radius 2 is 2.40 bits per heavy atom. The van der Waals surface area contributed by atoms with E-state index < -0.39 is 6.03 Å². The van der Waals surface area contributed by atoms with E-state index in [1.54, 1.807) is 18.2 Å². The van der Waals surface area contributed by atoms with Gasteiger partial charge in [-0.3, -0.25) is 0 Å². The lowest BCUT2D eigenvalue weighted by Gasteiger charge is -2.02. The highest BCUT2D eigenvalue weighted by Gasteiger charge is 1.99. The largest absolute Gasteiger partial charge is 0.495 e. The molecule has 5 nitrogen and oxygen atoms in total. The summed E-state index contributed by atoms with van der Waals surface area (Å²) in [7, 11) is 1.53. The molecule has 15 heavy (non-hydrogen) atoms. The molecule has 1 aromatic rings. The third kappa shape index (κ3) is 3.47. The summed E-state index contributed by atoms with van der Waals surface area (Å²) in [6.45, 7) is 0. The zero-order valence-corrected chi connectivity index (χ0v) is 8.78. The Morgan fingerprint density at radius 1 is 1.67 bits per heavy atom. The van der Waals surface area contributed by atoms with Crippen molar-refractivity contribution in [2.45, 2.75) is 0 Å². The fourth-order valence-electron chi connectivity index (χ4n) is 0.933. The molecule has 0 saturated carbocycles. The first-order valence-electron chi connectivity index (χ1n) is 4.05. The third-order valence-electron chi connectivity index (χ3n) is 1.56. The molecule has 0 heterocycles. The van der Waals surface area contributed by atoms with E-state index >= 15 is 0 Å². The normalized spacial score (nSPS) is 10.3. The van der Waals surface area contributed by atoms with Crippen LogP contribution in [0.25, 0.3) is 0 Å². The van der Waals surface area contributed by atoms with E-state index in [2.05, 4.69) is 10.5 Å². The van der Waals surface area contributed by atoms with Gasteiger partial charge < -0.3 is 10.5 Å². The van der Waals surface area contributed by atoms with Crippen LogP contribution in [0.15, 0.2) is 23.3 Å². The lowest BCUT2D eigenvalue weighted by atomic mass is 10.2. The van der Waals surface area contributed by atoms with E-state index in [9.17, 15) is 4.79 Å². The molecule has 0 saturated heterocycles. The van der Waals surface area contributed by atoms with Gasteiger partial charge in [-0.25, -0.2) is 10.2 Å². The molecule has 80 valence electrons. The van der Waals surface area contributed by atoms with E-state index in [0.717, 1.165) is 5.56 Å². The minimum absolute atomic E-state index is 0.473. The predicted octanol–water partition coefficient (Wildman–Crippen LogP) is 1.35. The van der Waals surface area contributed by atoms with Gasteiger partial charge in [0.2, 0.25) is 0 Å². The van der Waals surface area contributed by atoms with Gasteiger partial charge in [0.05, 0.1) is 18.3 Å². The van der Waals surface area contributed by atoms with Crippen molar-refractivity contribution in [3.8, 4) is 5.75 Å². The van der Waals surface area contributed by atoms with Gasteiger partial charge in [-0.05, 0) is 23.8 Å². The molecule has 0 radical (unpaired) electrons. The minimum Gasteiger partial charge on any atom is -0.495 e. The van der Waals surface area contributed by atoms with Crippen molar-refractivity contribution in [1.29, 1.82) is 0 Å². The summed E-state index contributed by atoms with van der Waals surface area (Å²) >= 11 is 5.87. The van der Waals surface area contributed by atoms with Crippen LogP contribution in [0.3, 0.4) is 0 Å². The molecule has 0 aliphatic rings. The van der Waals surface area contributed by atoms with Crippen LogP contribution in [0.1, 0.15) is 5.56 Å². The molecule has 0 spiro atoms. The summed E-state index contributed by atoms with van der Waals surface area (Å²) in [4.78, 5) is 10.3. The van der Waals surface area contributed by atoms with Gasteiger partial charge in [-0.1, -0.05) is 11.6 Å². The van der Waals surface area contributed by atoms with E-state index in [0.29, 0.717) is 10.8 Å². The average Bonchev–Trinajstić information content (AvgIpc) is 2.17. The Balaban J connectivity index is 2.75. The van der Waals surface area contributed by atoms with Crippen molar-refractivity contribution >= 4 is 23.8 Å². The number of halogens is 1. The molecule has 0 atom stereocenters. The van der Waals surface area contributed by atoms with Crippen molar-refractivity contribution in [1.82, 2.24) is 5.43 Å². The molecule has 2 amide bonds. The number of hydrogen-bond donors (Lipinski definition) is 2. The molecule has 1 rings (SSSR count). The number of carbonyl (C=O) groups excluding carboxylic acids is 1. The number of hydrogen-bond acceptors (Lipinski definition) is 3. The first kappa shape index (κ1) is 11.3. The quantitative estimate of drug-likeness (QED) is 0.604. The number of carbonyl (C=O) groups is 1. The Kier molecular flexibility index (Phi) is 3.93. The SMILES string of the molecule is COc1ccc(/C=N/NC(N)=O)cc1Cl. The molecule has 3 N–H and O–H groups in total. The number of ether oxygens (including phenoxy) is 1. The maximum atomic E-state index is 10.3. The minimum atomic E-state index is -0.717. The van der Waals surface area contributed by atoms with Crippen LogP contribution >= 0.6 is 11.6 Å². The van der Waals surface area contributed by atoms with Crippen LogP contribution in [0.4, 0.5) is 4.79 Å². The number of nitrogens with two attached hydrogens (primary N) is 1. The number of nitrogens with zero attached hydrogens (tertiary/aromatic N) is 1. The molecule has 0 unspecified atom stereocenters. The maximum Gasteiger partial charge on any atom is 0.332 e. The van der Waals surface area contributed by atoms with Gasteiger partial charge in [-0.15, -0.1) is 0 Å². The van der Waals surface area contributed by atoms with E-state index in [4.69, 9.17) is 22.1 Å². The van der Waals surface area contributed by atoms with Gasteiger partial charge >= 0.3 is 6.03 Å². The lowest BCUT2D eigenvalue weighted by molar-refractivity contribution is 0.249. The number of rotatable bonds is 3. The Bertz CT molecular complexity index is 393. The number of primary amides is 1. The standard InChI is InChI=1S/C9H10ClN3O2/c1-15-8-3-2-6(4-7(8)10)5-12-13-9(11)14/h2-5H,1H3,(H3,11,13,14)/b12-5+. The number of nitrogens with one attached hydrogen (secondary N) is 1. The van der Waals surface area contributed by atoms with Crippen LogP contribution in [-0.2, 0) is 0 Å². The summed E-state index contributed by atoms with van der Waals surface area (Å²) in [5.41, 5.74) is 7.63. The topological polar surface area (TPSA) is 76.7 Å². The van der Waals surface area contributed by atoms with Crippen LogP contribution in [-0.4, -0.2) is 19.4 Å². The Hall–Kier alpha value is -1.75. The molecule has 6 heteroatoms. The van der Waals surface area contributed by atoms with Crippen molar-refractivity contribution < 1.29 is 9.53 Å². The number of methoxy groups -OCH3 is 1. The fraction of sp³-hybridized carbons (Fsp3) is 0.111. The second kappa shape index (κ2) is 5.21. The molecule has 0 aliphatic carbocycles. The number of amides is 2. The van der Waals surface area contributed by atoms with Crippen molar-refractivity contribution in [2.24, 2.45) is 10.8 Å². The fourth-order valence-corrected chi connectivity index (χ4v) is 1.20. The van der Waals surface area contributed by atoms with Gasteiger partial charge in [0, 0.05) is 0 Å². The van der Waals surface area contributed by atoms with E-state index in [1.165, 1.54) is 13.3 Å². The lowest BCUT2D eigenvalue weighted by Crippen LogP contribution is -2.24. The summed E-state index contributed by atoms with van der Waals surface area (Å²) in [5, 5.41) is 4.06. The van der Waals surface area contributed by atoms with Crippen LogP contribution in [0, 0.1) is 0 Å². The van der Waals surface area contributed by atoms with Crippen LogP contribution in [0.5, 0.6) is 5.75 Å². The third-order valence-corrected chi connectivity index (χ3v) is 1.86. The highest BCUT2D eigenvalue weighted by Crippen LogP contribution is 2.24. The molecule has 0 fully saturated rings. The van der Waals surface area contributed by atoms with E-state index in [-0.39, 0.29) is 0 Å². The number of hydrazone groups is 1. The second-order valence-corrected chi connectivity index (χ2v) is 3.04. The average molecular weight is 228 g/mol. The molecule has 1 aromatic carbocycles. The van der Waals surface area contributed by atoms with Crippen molar-refractivity contribution in [2.75, 3.05) is 7.11 Å². The highest BCUT2D eigenvalue weighted by molar-refractivity contribution is 6.32. The van der Waals surface area contributed by atoms with Crippen LogP contribution in [0.2, 0.25) is 5.02 Å². The zero-order valence-electron chi connectivity index (χ0n) is 8.03. The number of urea groups is 1. The summed E-state index contributed by atoms with van der Waals surface area (Å²) in [6.07, 6.45) is 1.43. The van der Waals surface area contributed by atoms with Crippen molar-refractivity contribution in [3.63, 3.8) is 0 Å². The van der Waals surface area contributed by atoms with Gasteiger partial charge in [0.1, 0.15) is 5.75 Å². The van der Waals surface area contributed by atoms with Gasteiger partial charge in [0.15, 0.2) is 0 Å². The van der Waals surface area contributed by atoms with E-state index in [1.807, 2.05) is 0 Å². The summed E-state index contributed by atoms with van der Waals surface area (Å²) < 4.78 is 4.98. The van der Waals surface area contributed by atoms with Gasteiger partial charge in [-0.2, -0.15) is 5.10 Å². The predicted molar refractivity (Wildman–Crippen MR) is 58.3 cm³/mol. The van der Waals surface area contributed by atoms with Crippen molar-refractivity contribution in [3.05, 3.63) is 28.8 Å². The number of benzene rings is 1. The summed E-state index contributed by atoms with van der Waals surface area (Å²) in [5.74, 6) is 0.580. The Morgan fingerprint density at radius 3 is 2.93 bits per heavy atom. The highest BCUT2D eigenvalue weighted by atomic mass is 35.5. The van der Waals surface area contributed by atoms with Gasteiger partial charge in [0.25, 0.3) is 0 Å². The first-order valence-corrected chi connectivity index (χ1v) is 4.43. The molecular formula is C9H10ClN3O2. The second-order valence-electron chi connectivity index (χ2n) is 2.63. The molecular weight excluding hydrogens is 218 g/mol. The molecule has 0 aliphatic heterocycles. The Labute approximate surface area is 91.9 Å². The first-order chi connectivity index (χ1) is 7.13. The molecule has 0 aromatic heterocycles. The summed E-state index contributed by atoms with van der Waals surface area (Å²) in [6, 6.07) is 4.39. The monoisotopic (exact) mass is 227 g/mol.